The molecule has 35 heavy (non-hydrogen) atoms. The quantitative estimate of drug-likeness (QED) is 0.215. The first-order valence-corrected chi connectivity index (χ1v) is 12.4. The zero-order chi connectivity index (χ0) is 25.2. The number of hydrogen-bond donors (Lipinski definition) is 0. The molecule has 0 unspecified atom stereocenters. The number of rotatable bonds is 5. The maximum absolute atomic E-state index is 12.9. The molecule has 4 rings (SSSR count). The molecule has 0 amide bonds. The zero-order valence-electron chi connectivity index (χ0n) is 21.8. The van der Waals surface area contributed by atoms with Crippen molar-refractivity contribution in [2.24, 2.45) is 0 Å². The smallest absolute Gasteiger partial charge is 0.193 e. The van der Waals surface area contributed by atoms with Crippen LogP contribution >= 0.6 is 0 Å². The molecule has 0 radical (unpaired) electrons. The summed E-state index contributed by atoms with van der Waals surface area (Å²) in [7, 11) is 0. The summed E-state index contributed by atoms with van der Waals surface area (Å²) >= 11 is 0. The predicted molar refractivity (Wildman–Crippen MR) is 148 cm³/mol. The van der Waals surface area contributed by atoms with Crippen LogP contribution in [0.4, 0.5) is 0 Å². The summed E-state index contributed by atoms with van der Waals surface area (Å²) in [5, 5.41) is 0. The van der Waals surface area contributed by atoms with Crippen molar-refractivity contribution in [1.29, 1.82) is 0 Å². The van der Waals surface area contributed by atoms with Gasteiger partial charge in [0.1, 0.15) is 0 Å². The first-order valence-electron chi connectivity index (χ1n) is 12.4. The Hall–Kier alpha value is -3.45. The van der Waals surface area contributed by atoms with E-state index in [2.05, 4.69) is 102 Å². The molecule has 0 saturated heterocycles. The van der Waals surface area contributed by atoms with Crippen LogP contribution in [0.15, 0.2) is 103 Å². The van der Waals surface area contributed by atoms with Gasteiger partial charge in [-0.25, -0.2) is 0 Å². The molecule has 0 atom stereocenters. The Morgan fingerprint density at radius 3 is 1.20 bits per heavy atom. The molecule has 1 nitrogen and oxygen atoms in total. The van der Waals surface area contributed by atoms with Gasteiger partial charge in [0.15, 0.2) is 5.78 Å². The Labute approximate surface area is 210 Å². The third-order valence-electron chi connectivity index (χ3n) is 6.76. The van der Waals surface area contributed by atoms with Gasteiger partial charge in [-0.2, -0.15) is 0 Å². The van der Waals surface area contributed by atoms with Crippen LogP contribution in [0, 0.1) is 0 Å². The maximum atomic E-state index is 12.9. The SMILES string of the molecule is CC(C)(C)c1ccc(C(c2ccc(C(=O)c3ccccc3)cc2)c2ccc(C(C)(C)C)cc2)cc1. The van der Waals surface area contributed by atoms with E-state index in [-0.39, 0.29) is 22.5 Å². The molecule has 0 spiro atoms. The Kier molecular flexibility index (Phi) is 6.81. The zero-order valence-corrected chi connectivity index (χ0v) is 21.8. The molecular formula is C34H36O. The van der Waals surface area contributed by atoms with E-state index < -0.39 is 0 Å². The molecule has 0 saturated carbocycles. The lowest BCUT2D eigenvalue weighted by Gasteiger charge is -2.24. The van der Waals surface area contributed by atoms with Gasteiger partial charge in [0.25, 0.3) is 0 Å². The van der Waals surface area contributed by atoms with Crippen molar-refractivity contribution in [1.82, 2.24) is 0 Å². The summed E-state index contributed by atoms with van der Waals surface area (Å²) < 4.78 is 0. The van der Waals surface area contributed by atoms with Crippen LogP contribution < -0.4 is 0 Å². The minimum absolute atomic E-state index is 0.0535. The highest BCUT2D eigenvalue weighted by Gasteiger charge is 2.21. The van der Waals surface area contributed by atoms with Crippen molar-refractivity contribution in [3.63, 3.8) is 0 Å². The molecule has 0 aromatic heterocycles. The molecule has 4 aromatic carbocycles. The molecule has 0 bridgehead atoms. The standard InChI is InChI=1S/C34H36O/c1-33(2,3)29-20-16-25(17-21-29)31(26-18-22-30(23-19-26)34(4,5)6)24-12-14-28(15-13-24)32(35)27-10-8-7-9-11-27/h7-23,31H,1-6H3. The largest absolute Gasteiger partial charge is 0.289 e. The summed E-state index contributed by atoms with van der Waals surface area (Å²) in [6.07, 6.45) is 0. The number of ketones is 1. The van der Waals surface area contributed by atoms with Crippen LogP contribution in [-0.4, -0.2) is 5.78 Å². The van der Waals surface area contributed by atoms with E-state index in [0.29, 0.717) is 11.1 Å². The number of carbonyl (C=O) groups excluding carboxylic acids is 1. The first kappa shape index (κ1) is 24.7. The second-order valence-corrected chi connectivity index (χ2v) is 11.5. The minimum atomic E-state index is 0.0535. The fourth-order valence-corrected chi connectivity index (χ4v) is 4.51. The predicted octanol–water partition coefficient (Wildman–Crippen LogP) is 8.69. The van der Waals surface area contributed by atoms with Gasteiger partial charge in [-0.15, -0.1) is 0 Å². The van der Waals surface area contributed by atoms with E-state index >= 15 is 0 Å². The molecule has 0 heterocycles. The Morgan fingerprint density at radius 2 is 0.829 bits per heavy atom. The summed E-state index contributed by atoms with van der Waals surface area (Å²) in [6.45, 7) is 13.5. The van der Waals surface area contributed by atoms with Crippen LogP contribution in [0.1, 0.15) is 91.2 Å². The van der Waals surface area contributed by atoms with E-state index in [9.17, 15) is 4.79 Å². The van der Waals surface area contributed by atoms with Crippen LogP contribution in [0.3, 0.4) is 0 Å². The lowest BCUT2D eigenvalue weighted by atomic mass is 9.80. The molecule has 1 heteroatoms. The van der Waals surface area contributed by atoms with Gasteiger partial charge in [0.05, 0.1) is 0 Å². The summed E-state index contributed by atoms with van der Waals surface area (Å²) in [4.78, 5) is 12.9. The summed E-state index contributed by atoms with van der Waals surface area (Å²) in [5.41, 5.74) is 7.99. The Bertz CT molecular complexity index is 1210. The molecule has 0 aliphatic carbocycles. The van der Waals surface area contributed by atoms with Crippen molar-refractivity contribution in [2.75, 3.05) is 0 Å². The van der Waals surface area contributed by atoms with Gasteiger partial charge >= 0.3 is 0 Å². The van der Waals surface area contributed by atoms with E-state index in [1.54, 1.807) is 0 Å². The fraction of sp³-hybridized carbons (Fsp3) is 0.265. The molecule has 0 aliphatic rings. The van der Waals surface area contributed by atoms with Crippen molar-refractivity contribution in [3.8, 4) is 0 Å². The average Bonchev–Trinajstić information content (AvgIpc) is 2.84. The lowest BCUT2D eigenvalue weighted by molar-refractivity contribution is 0.103. The van der Waals surface area contributed by atoms with E-state index in [1.165, 1.54) is 27.8 Å². The van der Waals surface area contributed by atoms with Crippen molar-refractivity contribution in [3.05, 3.63) is 142 Å². The monoisotopic (exact) mass is 460 g/mol. The van der Waals surface area contributed by atoms with Gasteiger partial charge in [0.2, 0.25) is 0 Å². The molecule has 0 aliphatic heterocycles. The second kappa shape index (κ2) is 9.66. The number of hydrogen-bond acceptors (Lipinski definition) is 1. The van der Waals surface area contributed by atoms with Gasteiger partial charge in [-0.3, -0.25) is 4.79 Å². The summed E-state index contributed by atoms with van der Waals surface area (Å²) in [5.74, 6) is 0.150. The fourth-order valence-electron chi connectivity index (χ4n) is 4.51. The van der Waals surface area contributed by atoms with Crippen LogP contribution in [0.25, 0.3) is 0 Å². The van der Waals surface area contributed by atoms with Crippen LogP contribution in [0.2, 0.25) is 0 Å². The molecule has 0 fully saturated rings. The molecular weight excluding hydrogens is 424 g/mol. The third-order valence-corrected chi connectivity index (χ3v) is 6.76. The molecule has 178 valence electrons. The topological polar surface area (TPSA) is 17.1 Å². The van der Waals surface area contributed by atoms with Crippen molar-refractivity contribution < 1.29 is 4.79 Å². The number of benzene rings is 4. The van der Waals surface area contributed by atoms with Gasteiger partial charge < -0.3 is 0 Å². The minimum Gasteiger partial charge on any atom is -0.289 e. The Balaban J connectivity index is 1.73. The van der Waals surface area contributed by atoms with E-state index in [0.717, 1.165) is 0 Å². The molecule has 4 aromatic rings. The van der Waals surface area contributed by atoms with Crippen molar-refractivity contribution >= 4 is 5.78 Å². The maximum Gasteiger partial charge on any atom is 0.193 e. The second-order valence-electron chi connectivity index (χ2n) is 11.5. The van der Waals surface area contributed by atoms with Gasteiger partial charge in [-0.05, 0) is 38.6 Å². The van der Waals surface area contributed by atoms with Crippen LogP contribution in [-0.2, 0) is 10.8 Å². The highest BCUT2D eigenvalue weighted by atomic mass is 16.1. The first-order chi connectivity index (χ1) is 16.5. The lowest BCUT2D eigenvalue weighted by Crippen LogP contribution is -2.12. The van der Waals surface area contributed by atoms with Crippen LogP contribution in [0.5, 0.6) is 0 Å². The average molecular weight is 461 g/mol. The highest BCUT2D eigenvalue weighted by Crippen LogP contribution is 2.35. The summed E-state index contributed by atoms with van der Waals surface area (Å²) in [6, 6.07) is 35.6. The van der Waals surface area contributed by atoms with Gasteiger partial charge in [0, 0.05) is 17.0 Å². The van der Waals surface area contributed by atoms with Crippen molar-refractivity contribution in [2.45, 2.75) is 58.3 Å². The molecule has 0 N–H and O–H groups in total. The number of carbonyl (C=O) groups is 1. The highest BCUT2D eigenvalue weighted by molar-refractivity contribution is 6.08. The Morgan fingerprint density at radius 1 is 0.486 bits per heavy atom. The van der Waals surface area contributed by atoms with Gasteiger partial charge in [-0.1, -0.05) is 145 Å². The third kappa shape index (κ3) is 5.62. The van der Waals surface area contributed by atoms with E-state index in [4.69, 9.17) is 0 Å². The normalized spacial score (nSPS) is 12.1. The van der Waals surface area contributed by atoms with E-state index in [1.807, 2.05) is 42.5 Å².